The minimum atomic E-state index is 0.0781. The summed E-state index contributed by atoms with van der Waals surface area (Å²) in [5.74, 6) is 0.0781. The second-order valence-electron chi connectivity index (χ2n) is 4.07. The van der Waals surface area contributed by atoms with E-state index in [0.717, 1.165) is 17.9 Å². The summed E-state index contributed by atoms with van der Waals surface area (Å²) >= 11 is 4.31. The standard InChI is InChI=1S/C13H15NOS/c1-10-6-8-14(9-7-10)13(15)11-4-2-3-5-12(11)16/h2-6,16H,7-9H2,1H3. The van der Waals surface area contributed by atoms with Gasteiger partial charge in [-0.05, 0) is 25.5 Å². The van der Waals surface area contributed by atoms with Gasteiger partial charge < -0.3 is 4.90 Å². The second kappa shape index (κ2) is 4.74. The quantitative estimate of drug-likeness (QED) is 0.584. The lowest BCUT2D eigenvalue weighted by atomic mass is 10.1. The molecule has 0 aliphatic carbocycles. The molecule has 0 saturated heterocycles. The molecule has 1 aliphatic heterocycles. The van der Waals surface area contributed by atoms with Crippen LogP contribution in [-0.4, -0.2) is 23.9 Å². The summed E-state index contributed by atoms with van der Waals surface area (Å²) in [5, 5.41) is 0. The molecule has 0 bridgehead atoms. The van der Waals surface area contributed by atoms with Crippen molar-refractivity contribution in [1.29, 1.82) is 0 Å². The van der Waals surface area contributed by atoms with Gasteiger partial charge in [0, 0.05) is 18.0 Å². The molecule has 0 atom stereocenters. The maximum absolute atomic E-state index is 12.2. The molecule has 1 heterocycles. The first-order valence-corrected chi connectivity index (χ1v) is 5.86. The molecule has 0 radical (unpaired) electrons. The van der Waals surface area contributed by atoms with E-state index in [1.807, 2.05) is 29.2 Å². The number of thiol groups is 1. The van der Waals surface area contributed by atoms with E-state index in [0.29, 0.717) is 12.1 Å². The highest BCUT2D eigenvalue weighted by Crippen LogP contribution is 2.18. The molecular formula is C13H15NOS. The van der Waals surface area contributed by atoms with Crippen LogP contribution in [0.15, 0.2) is 40.8 Å². The number of nitrogens with zero attached hydrogens (tertiary/aromatic N) is 1. The van der Waals surface area contributed by atoms with Crippen molar-refractivity contribution in [3.8, 4) is 0 Å². The Balaban J connectivity index is 2.18. The minimum Gasteiger partial charge on any atom is -0.335 e. The van der Waals surface area contributed by atoms with Crippen molar-refractivity contribution in [2.75, 3.05) is 13.1 Å². The van der Waals surface area contributed by atoms with E-state index in [9.17, 15) is 4.79 Å². The molecule has 16 heavy (non-hydrogen) atoms. The molecule has 0 aromatic heterocycles. The van der Waals surface area contributed by atoms with E-state index in [1.54, 1.807) is 0 Å². The van der Waals surface area contributed by atoms with Gasteiger partial charge in [-0.25, -0.2) is 0 Å². The smallest absolute Gasteiger partial charge is 0.255 e. The molecule has 0 spiro atoms. The SMILES string of the molecule is CC1=CCN(C(=O)c2ccccc2S)CC1. The Morgan fingerprint density at radius 3 is 2.75 bits per heavy atom. The zero-order chi connectivity index (χ0) is 11.5. The van der Waals surface area contributed by atoms with Gasteiger partial charge in [-0.3, -0.25) is 4.79 Å². The van der Waals surface area contributed by atoms with Crippen molar-refractivity contribution in [2.24, 2.45) is 0 Å². The summed E-state index contributed by atoms with van der Waals surface area (Å²) in [6, 6.07) is 7.44. The average molecular weight is 233 g/mol. The molecular weight excluding hydrogens is 218 g/mol. The van der Waals surface area contributed by atoms with E-state index < -0.39 is 0 Å². The van der Waals surface area contributed by atoms with Crippen LogP contribution in [0.1, 0.15) is 23.7 Å². The van der Waals surface area contributed by atoms with E-state index in [4.69, 9.17) is 0 Å². The molecule has 2 nitrogen and oxygen atoms in total. The number of benzene rings is 1. The molecule has 2 rings (SSSR count). The van der Waals surface area contributed by atoms with Crippen LogP contribution < -0.4 is 0 Å². The number of carbonyl (C=O) groups is 1. The summed E-state index contributed by atoms with van der Waals surface area (Å²) in [6.07, 6.45) is 3.09. The Kier molecular flexibility index (Phi) is 3.34. The number of amides is 1. The largest absolute Gasteiger partial charge is 0.335 e. The second-order valence-corrected chi connectivity index (χ2v) is 4.55. The summed E-state index contributed by atoms with van der Waals surface area (Å²) in [7, 11) is 0. The summed E-state index contributed by atoms with van der Waals surface area (Å²) in [5.41, 5.74) is 2.06. The molecule has 0 unspecified atom stereocenters. The van der Waals surface area contributed by atoms with Gasteiger partial charge in [0.1, 0.15) is 0 Å². The molecule has 0 N–H and O–H groups in total. The van der Waals surface area contributed by atoms with Gasteiger partial charge in [-0.15, -0.1) is 12.6 Å². The van der Waals surface area contributed by atoms with Gasteiger partial charge in [0.2, 0.25) is 0 Å². The Morgan fingerprint density at radius 1 is 1.38 bits per heavy atom. The van der Waals surface area contributed by atoms with E-state index in [2.05, 4.69) is 25.6 Å². The lowest BCUT2D eigenvalue weighted by Gasteiger charge is -2.25. The van der Waals surface area contributed by atoms with E-state index >= 15 is 0 Å². The van der Waals surface area contributed by atoms with Gasteiger partial charge in [-0.2, -0.15) is 0 Å². The molecule has 1 aromatic carbocycles. The number of hydrogen-bond acceptors (Lipinski definition) is 2. The maximum atomic E-state index is 12.2. The van der Waals surface area contributed by atoms with Crippen molar-refractivity contribution in [3.05, 3.63) is 41.5 Å². The van der Waals surface area contributed by atoms with Gasteiger partial charge in [-0.1, -0.05) is 23.8 Å². The first-order valence-electron chi connectivity index (χ1n) is 5.41. The number of rotatable bonds is 1. The first kappa shape index (κ1) is 11.3. The molecule has 1 aliphatic rings. The summed E-state index contributed by atoms with van der Waals surface area (Å²) in [4.78, 5) is 14.8. The molecule has 3 heteroatoms. The first-order chi connectivity index (χ1) is 7.68. The van der Waals surface area contributed by atoms with Crippen molar-refractivity contribution >= 4 is 18.5 Å². The Bertz CT molecular complexity index is 439. The van der Waals surface area contributed by atoms with Crippen LogP contribution in [0.3, 0.4) is 0 Å². The van der Waals surface area contributed by atoms with Gasteiger partial charge in [0.15, 0.2) is 0 Å². The Labute approximate surface area is 101 Å². The van der Waals surface area contributed by atoms with Crippen LogP contribution in [0, 0.1) is 0 Å². The Morgan fingerprint density at radius 2 is 2.12 bits per heavy atom. The third kappa shape index (κ3) is 2.30. The van der Waals surface area contributed by atoms with Crippen molar-refractivity contribution in [1.82, 2.24) is 4.90 Å². The fourth-order valence-corrected chi connectivity index (χ4v) is 2.04. The third-order valence-corrected chi connectivity index (χ3v) is 3.25. The predicted molar refractivity (Wildman–Crippen MR) is 68.0 cm³/mol. The van der Waals surface area contributed by atoms with Gasteiger partial charge >= 0.3 is 0 Å². The predicted octanol–water partition coefficient (Wildman–Crippen LogP) is 2.77. The summed E-state index contributed by atoms with van der Waals surface area (Å²) < 4.78 is 0. The minimum absolute atomic E-state index is 0.0781. The number of hydrogen-bond donors (Lipinski definition) is 1. The Hall–Kier alpha value is -1.22. The lowest BCUT2D eigenvalue weighted by molar-refractivity contribution is 0.0765. The fourth-order valence-electron chi connectivity index (χ4n) is 1.78. The van der Waals surface area contributed by atoms with Crippen molar-refractivity contribution in [3.63, 3.8) is 0 Å². The molecule has 84 valence electrons. The van der Waals surface area contributed by atoms with Crippen LogP contribution in [-0.2, 0) is 0 Å². The zero-order valence-electron chi connectivity index (χ0n) is 9.31. The van der Waals surface area contributed by atoms with Crippen molar-refractivity contribution < 1.29 is 4.79 Å². The topological polar surface area (TPSA) is 20.3 Å². The van der Waals surface area contributed by atoms with Crippen LogP contribution in [0.5, 0.6) is 0 Å². The average Bonchev–Trinajstić information content (AvgIpc) is 2.30. The summed E-state index contributed by atoms with van der Waals surface area (Å²) in [6.45, 7) is 3.63. The van der Waals surface area contributed by atoms with E-state index in [-0.39, 0.29) is 5.91 Å². The highest BCUT2D eigenvalue weighted by molar-refractivity contribution is 7.80. The van der Waals surface area contributed by atoms with Crippen LogP contribution in [0.25, 0.3) is 0 Å². The van der Waals surface area contributed by atoms with Gasteiger partial charge in [0.25, 0.3) is 5.91 Å². The monoisotopic (exact) mass is 233 g/mol. The lowest BCUT2D eigenvalue weighted by Crippen LogP contribution is -2.34. The fraction of sp³-hybridized carbons (Fsp3) is 0.308. The van der Waals surface area contributed by atoms with Gasteiger partial charge in [0.05, 0.1) is 5.56 Å². The van der Waals surface area contributed by atoms with Crippen molar-refractivity contribution in [2.45, 2.75) is 18.2 Å². The third-order valence-electron chi connectivity index (χ3n) is 2.86. The maximum Gasteiger partial charge on any atom is 0.255 e. The molecule has 1 amide bonds. The number of carbonyl (C=O) groups excluding carboxylic acids is 1. The molecule has 0 saturated carbocycles. The molecule has 1 aromatic rings. The highest BCUT2D eigenvalue weighted by atomic mass is 32.1. The highest BCUT2D eigenvalue weighted by Gasteiger charge is 2.18. The van der Waals surface area contributed by atoms with Crippen LogP contribution in [0.2, 0.25) is 0 Å². The van der Waals surface area contributed by atoms with Crippen LogP contribution in [0.4, 0.5) is 0 Å². The molecule has 0 fully saturated rings. The van der Waals surface area contributed by atoms with Crippen LogP contribution >= 0.6 is 12.6 Å². The van der Waals surface area contributed by atoms with E-state index in [1.165, 1.54) is 5.57 Å². The normalized spacial score (nSPS) is 15.9. The zero-order valence-corrected chi connectivity index (χ0v) is 10.2.